The number of halogens is 2. The molecule has 0 spiro atoms. The minimum absolute atomic E-state index is 0.0553. The number of ether oxygens (including phenoxy) is 3. The number of hydrogen-bond donors (Lipinski definition) is 0. The van der Waals surface area contributed by atoms with Crippen LogP contribution in [0, 0.1) is 0 Å². The van der Waals surface area contributed by atoms with Crippen molar-refractivity contribution in [2.24, 2.45) is 0 Å². The lowest BCUT2D eigenvalue weighted by atomic mass is 9.85. The second kappa shape index (κ2) is 11.2. The first-order valence-electron chi connectivity index (χ1n) is 12.2. The van der Waals surface area contributed by atoms with Crippen LogP contribution >= 0.6 is 23.2 Å². The molecule has 0 amide bonds. The van der Waals surface area contributed by atoms with Gasteiger partial charge < -0.3 is 23.5 Å². The van der Waals surface area contributed by atoms with E-state index in [1.54, 1.807) is 36.5 Å². The van der Waals surface area contributed by atoms with E-state index in [0.29, 0.717) is 42.1 Å². The molecule has 0 saturated carbocycles. The zero-order valence-electron chi connectivity index (χ0n) is 21.4. The van der Waals surface area contributed by atoms with E-state index >= 15 is 0 Å². The number of piperidine rings is 1. The number of aromatic nitrogens is 2. The van der Waals surface area contributed by atoms with Gasteiger partial charge in [-0.1, -0.05) is 23.2 Å². The van der Waals surface area contributed by atoms with Gasteiger partial charge in [-0.15, -0.1) is 0 Å². The van der Waals surface area contributed by atoms with Crippen molar-refractivity contribution in [1.29, 1.82) is 0 Å². The summed E-state index contributed by atoms with van der Waals surface area (Å²) in [5.41, 5.74) is 1.16. The quantitative estimate of drug-likeness (QED) is 0.228. The molecule has 202 valence electrons. The predicted octanol–water partition coefficient (Wildman–Crippen LogP) is 5.22. The average Bonchev–Trinajstić information content (AvgIpc) is 2.93. The van der Waals surface area contributed by atoms with E-state index in [0.717, 1.165) is 0 Å². The Hall–Kier alpha value is -3.66. The van der Waals surface area contributed by atoms with E-state index in [4.69, 9.17) is 41.8 Å². The van der Waals surface area contributed by atoms with E-state index in [1.165, 1.54) is 26.5 Å². The number of pyridine rings is 2. The highest BCUT2D eigenvalue weighted by Gasteiger charge is 2.37. The van der Waals surface area contributed by atoms with Crippen molar-refractivity contribution in [3.63, 3.8) is 0 Å². The van der Waals surface area contributed by atoms with Crippen molar-refractivity contribution in [1.82, 2.24) is 14.9 Å². The molecule has 1 saturated heterocycles. The number of methoxy groups -OCH3 is 2. The van der Waals surface area contributed by atoms with Crippen molar-refractivity contribution in [2.45, 2.75) is 18.4 Å². The fourth-order valence-electron chi connectivity index (χ4n) is 4.94. The molecular weight excluding hydrogens is 545 g/mol. The highest BCUT2D eigenvalue weighted by atomic mass is 35.5. The van der Waals surface area contributed by atoms with Crippen molar-refractivity contribution in [3.05, 3.63) is 80.4 Å². The van der Waals surface area contributed by atoms with Crippen LogP contribution in [0.4, 0.5) is 0 Å². The maximum Gasteiger partial charge on any atom is 0.341 e. The Bertz CT molecular complexity index is 1610. The molecule has 39 heavy (non-hydrogen) atoms. The Labute approximate surface area is 234 Å². The number of carbonyl (C=O) groups is 1. The number of rotatable bonds is 6. The van der Waals surface area contributed by atoms with Crippen molar-refractivity contribution in [2.75, 3.05) is 34.4 Å². The van der Waals surface area contributed by atoms with Crippen molar-refractivity contribution in [3.8, 4) is 22.8 Å². The summed E-state index contributed by atoms with van der Waals surface area (Å²) in [4.78, 5) is 36.8. The van der Waals surface area contributed by atoms with Crippen LogP contribution in [0.15, 0.2) is 58.0 Å². The Morgan fingerprint density at radius 3 is 2.46 bits per heavy atom. The monoisotopic (exact) mass is 569 g/mol. The molecule has 1 fully saturated rings. The van der Waals surface area contributed by atoms with Crippen LogP contribution in [-0.2, 0) is 4.74 Å². The number of esters is 1. The Morgan fingerprint density at radius 1 is 1.05 bits per heavy atom. The predicted molar refractivity (Wildman–Crippen MR) is 147 cm³/mol. The fraction of sp³-hybridized carbons (Fsp3) is 0.286. The van der Waals surface area contributed by atoms with E-state index in [2.05, 4.69) is 14.9 Å². The summed E-state index contributed by atoms with van der Waals surface area (Å²) in [7, 11) is 4.94. The Morgan fingerprint density at radius 2 is 1.77 bits per heavy atom. The van der Waals surface area contributed by atoms with Crippen LogP contribution in [0.5, 0.6) is 11.5 Å². The molecule has 11 heteroatoms. The van der Waals surface area contributed by atoms with E-state index in [-0.39, 0.29) is 43.9 Å². The van der Waals surface area contributed by atoms with Gasteiger partial charge in [-0.25, -0.2) is 14.8 Å². The fourth-order valence-corrected chi connectivity index (χ4v) is 5.35. The zero-order valence-corrected chi connectivity index (χ0v) is 23.0. The van der Waals surface area contributed by atoms with Gasteiger partial charge in [0.05, 0.1) is 25.3 Å². The maximum atomic E-state index is 13.5. The summed E-state index contributed by atoms with van der Waals surface area (Å²) in [5, 5.41) is 0.493. The van der Waals surface area contributed by atoms with Gasteiger partial charge in [-0.2, -0.15) is 0 Å². The molecule has 2 atom stereocenters. The maximum absolute atomic E-state index is 13.5. The molecule has 1 aromatic carbocycles. The molecule has 0 radical (unpaired) electrons. The minimum atomic E-state index is -0.617. The van der Waals surface area contributed by atoms with Crippen LogP contribution in [0.2, 0.25) is 10.3 Å². The summed E-state index contributed by atoms with van der Waals surface area (Å²) in [5.74, 6) is -0.00398. The van der Waals surface area contributed by atoms with Gasteiger partial charge in [0.2, 0.25) is 0 Å². The summed E-state index contributed by atoms with van der Waals surface area (Å²) >= 11 is 12.5. The highest BCUT2D eigenvalue weighted by Crippen LogP contribution is 2.44. The van der Waals surface area contributed by atoms with Crippen LogP contribution in [0.25, 0.3) is 22.3 Å². The van der Waals surface area contributed by atoms with Gasteiger partial charge in [-0.05, 0) is 44.3 Å². The lowest BCUT2D eigenvalue weighted by Gasteiger charge is -2.37. The van der Waals surface area contributed by atoms with Crippen LogP contribution in [0.1, 0.15) is 28.3 Å². The summed E-state index contributed by atoms with van der Waals surface area (Å²) in [6, 6.07) is 9.61. The number of hydrogen-bond acceptors (Lipinski definition) is 9. The van der Waals surface area contributed by atoms with Gasteiger partial charge in [0.1, 0.15) is 44.6 Å². The Kier molecular flexibility index (Phi) is 7.74. The van der Waals surface area contributed by atoms with Gasteiger partial charge in [0.15, 0.2) is 5.43 Å². The topological polar surface area (TPSA) is 104 Å². The number of likely N-dealkylation sites (tertiary alicyclic amines) is 1. The van der Waals surface area contributed by atoms with Crippen molar-refractivity contribution < 1.29 is 23.4 Å². The second-order valence-electron chi connectivity index (χ2n) is 9.16. The lowest BCUT2D eigenvalue weighted by molar-refractivity contribution is 0.00196. The van der Waals surface area contributed by atoms with Gasteiger partial charge in [-0.3, -0.25) is 4.79 Å². The number of nitrogens with zero attached hydrogens (tertiary/aromatic N) is 3. The minimum Gasteiger partial charge on any atom is -0.496 e. The van der Waals surface area contributed by atoms with Crippen LogP contribution < -0.4 is 14.9 Å². The molecule has 1 aliphatic rings. The summed E-state index contributed by atoms with van der Waals surface area (Å²) < 4.78 is 23.7. The van der Waals surface area contributed by atoms with Crippen LogP contribution in [-0.4, -0.2) is 61.3 Å². The van der Waals surface area contributed by atoms with E-state index < -0.39 is 12.1 Å². The molecule has 2 unspecified atom stereocenters. The largest absolute Gasteiger partial charge is 0.496 e. The summed E-state index contributed by atoms with van der Waals surface area (Å²) in [6.45, 7) is 1.14. The van der Waals surface area contributed by atoms with Gasteiger partial charge in [0.25, 0.3) is 0 Å². The molecule has 5 rings (SSSR count). The number of likely N-dealkylation sites (N-methyl/N-ethyl adjacent to an activating group) is 1. The van der Waals surface area contributed by atoms with Gasteiger partial charge >= 0.3 is 5.97 Å². The molecule has 4 aromatic rings. The third-order valence-electron chi connectivity index (χ3n) is 6.80. The molecular formula is C28H25Cl2N3O6. The Balaban J connectivity index is 1.70. The molecule has 0 bridgehead atoms. The second-order valence-corrected chi connectivity index (χ2v) is 9.87. The van der Waals surface area contributed by atoms with Crippen LogP contribution in [0.3, 0.4) is 0 Å². The standard InChI is InChI=1S/C28H25Cl2N3O6/c1-33-11-8-15(22(14-33)39-28(35)17-7-5-10-32-27(17)30)23-20(36-2)13-21(37-3)24-18(34)12-19(38-25(23)24)16-6-4-9-31-26(16)29/h4-7,9-10,12-13,15,22H,8,11,14H2,1-3H3. The van der Waals surface area contributed by atoms with Gasteiger partial charge in [0, 0.05) is 42.6 Å². The molecule has 0 aliphatic carbocycles. The number of carbonyl (C=O) groups excluding carboxylic acids is 1. The normalized spacial score (nSPS) is 17.7. The number of benzene rings is 1. The molecule has 1 aliphatic heterocycles. The van der Waals surface area contributed by atoms with E-state index in [9.17, 15) is 9.59 Å². The number of fused-ring (bicyclic) bond motifs is 1. The SMILES string of the molecule is COc1cc(OC)c2c(=O)cc(-c3cccnc3Cl)oc2c1C1CCN(C)CC1OC(=O)c1cccnc1Cl. The lowest BCUT2D eigenvalue weighted by Crippen LogP contribution is -2.43. The average molecular weight is 570 g/mol. The molecule has 9 nitrogen and oxygen atoms in total. The highest BCUT2D eigenvalue weighted by molar-refractivity contribution is 6.32. The third-order valence-corrected chi connectivity index (χ3v) is 7.40. The molecule has 0 N–H and O–H groups in total. The smallest absolute Gasteiger partial charge is 0.341 e. The first kappa shape index (κ1) is 26.9. The first-order valence-corrected chi connectivity index (χ1v) is 12.9. The first-order chi connectivity index (χ1) is 18.8. The van der Waals surface area contributed by atoms with Crippen molar-refractivity contribution >= 4 is 40.1 Å². The summed E-state index contributed by atoms with van der Waals surface area (Å²) in [6.07, 6.45) is 3.02. The zero-order chi connectivity index (χ0) is 27.7. The molecule has 4 heterocycles. The third kappa shape index (κ3) is 5.17. The molecule has 3 aromatic heterocycles. The van der Waals surface area contributed by atoms with E-state index in [1.807, 2.05) is 7.05 Å².